The van der Waals surface area contributed by atoms with E-state index in [1.807, 2.05) is 56.3 Å². The number of benzene rings is 3. The Morgan fingerprint density at radius 2 is 1.64 bits per heavy atom. The summed E-state index contributed by atoms with van der Waals surface area (Å²) < 4.78 is 45.6. The fourth-order valence-electron chi connectivity index (χ4n) is 6.43. The lowest BCUT2D eigenvalue weighted by molar-refractivity contribution is -0.00553. The lowest BCUT2D eigenvalue weighted by atomic mass is 9.98. The van der Waals surface area contributed by atoms with E-state index in [1.165, 1.54) is 11.6 Å². The Kier molecular flexibility index (Phi) is 9.60. The van der Waals surface area contributed by atoms with Gasteiger partial charge in [-0.25, -0.2) is 13.8 Å². The number of thiazole rings is 1. The summed E-state index contributed by atoms with van der Waals surface area (Å²) in [6, 6.07) is 22.0. The second kappa shape index (κ2) is 13.3. The second-order valence-electron chi connectivity index (χ2n) is 12.4. The number of halogens is 2. The molecule has 3 aromatic carbocycles. The van der Waals surface area contributed by atoms with Gasteiger partial charge in [0.1, 0.15) is 6.07 Å². The van der Waals surface area contributed by atoms with Crippen molar-refractivity contribution < 1.29 is 17.9 Å². The lowest BCUT2D eigenvalue weighted by Gasteiger charge is -2.43. The fraction of sp³-hybridized carbons (Fsp3) is 0.353. The highest BCUT2D eigenvalue weighted by Crippen LogP contribution is 2.41. The van der Waals surface area contributed by atoms with Gasteiger partial charge >= 0.3 is 0 Å². The van der Waals surface area contributed by atoms with Gasteiger partial charge in [-0.05, 0) is 35.3 Å². The van der Waals surface area contributed by atoms with Crippen molar-refractivity contribution >= 4 is 35.7 Å². The largest absolute Gasteiger partial charge is 0.403 e. The van der Waals surface area contributed by atoms with E-state index in [9.17, 15) is 10.2 Å². The molecule has 1 aliphatic rings. The van der Waals surface area contributed by atoms with Crippen LogP contribution in [0.3, 0.4) is 0 Å². The van der Waals surface area contributed by atoms with E-state index in [-0.39, 0.29) is 45.7 Å². The SMILES string of the molecule is CC1CN(c2c(CO[Si](c3ccccc3)(c3ccccc3)C(C)(C)C)cc(C(N=O)c3scnc3C#N)c(F)c2F)CC(C)O1. The van der Waals surface area contributed by atoms with Crippen LogP contribution in [-0.4, -0.2) is 38.6 Å². The van der Waals surface area contributed by atoms with Crippen molar-refractivity contribution in [1.29, 1.82) is 5.26 Å². The maximum atomic E-state index is 16.5. The van der Waals surface area contributed by atoms with E-state index in [0.717, 1.165) is 21.7 Å². The zero-order valence-corrected chi connectivity index (χ0v) is 27.8. The summed E-state index contributed by atoms with van der Waals surface area (Å²) in [5, 5.41) is 14.4. The minimum Gasteiger partial charge on any atom is -0.403 e. The van der Waals surface area contributed by atoms with Crippen LogP contribution in [0.15, 0.2) is 77.4 Å². The monoisotopic (exact) mass is 646 g/mol. The van der Waals surface area contributed by atoms with E-state index >= 15 is 8.78 Å². The molecule has 5 rings (SSSR count). The molecule has 45 heavy (non-hydrogen) atoms. The quantitative estimate of drug-likeness (QED) is 0.146. The van der Waals surface area contributed by atoms with Gasteiger partial charge < -0.3 is 14.1 Å². The number of hydrogen-bond donors (Lipinski definition) is 0. The smallest absolute Gasteiger partial charge is 0.261 e. The second-order valence-corrected chi connectivity index (χ2v) is 17.6. The van der Waals surface area contributed by atoms with Gasteiger partial charge in [-0.1, -0.05) is 86.6 Å². The standard InChI is InChI=1S/C34H36F2N4O3SSi/c1-22-18-40(19-23(2)43-22)32-24(16-27(29(35)30(32)36)31(39-41)33-28(17-37)38-21-44-33)20-42-45(34(3,4)5,25-12-8-6-9-13-25)26-14-10-7-11-15-26/h6-16,21-23,31H,18-20H2,1-5H3. The molecule has 3 unspecified atom stereocenters. The average Bonchev–Trinajstić information content (AvgIpc) is 3.48. The number of aromatic nitrogens is 1. The molecule has 0 bridgehead atoms. The number of nitroso groups, excluding NO2 is 1. The molecule has 0 radical (unpaired) electrons. The van der Waals surface area contributed by atoms with Crippen molar-refractivity contribution in [2.75, 3.05) is 18.0 Å². The molecule has 0 aliphatic carbocycles. The molecule has 1 fully saturated rings. The summed E-state index contributed by atoms with van der Waals surface area (Å²) in [5.41, 5.74) is 1.54. The zero-order valence-electron chi connectivity index (χ0n) is 26.0. The van der Waals surface area contributed by atoms with Crippen LogP contribution < -0.4 is 15.3 Å². The predicted molar refractivity (Wildman–Crippen MR) is 175 cm³/mol. The van der Waals surface area contributed by atoms with Crippen molar-refractivity contribution in [2.45, 2.75) is 64.5 Å². The van der Waals surface area contributed by atoms with E-state index in [0.29, 0.717) is 18.7 Å². The molecule has 7 nitrogen and oxygen atoms in total. The number of nitrogens with zero attached hydrogens (tertiary/aromatic N) is 4. The number of rotatable bonds is 9. The first-order valence-electron chi connectivity index (χ1n) is 14.8. The molecule has 3 atom stereocenters. The lowest BCUT2D eigenvalue weighted by Crippen LogP contribution is -2.66. The Labute approximate surface area is 267 Å². The molecule has 0 N–H and O–H groups in total. The van der Waals surface area contributed by atoms with Crippen molar-refractivity contribution in [3.63, 3.8) is 0 Å². The summed E-state index contributed by atoms with van der Waals surface area (Å²) in [7, 11) is -3.08. The van der Waals surface area contributed by atoms with Crippen LogP contribution in [0, 0.1) is 27.9 Å². The minimum absolute atomic E-state index is 0.0468. The number of anilines is 1. The minimum atomic E-state index is -3.08. The molecule has 2 heterocycles. The third-order valence-electron chi connectivity index (χ3n) is 8.23. The summed E-state index contributed by atoms with van der Waals surface area (Å²) >= 11 is 1.00. The zero-order chi connectivity index (χ0) is 32.4. The van der Waals surface area contributed by atoms with Crippen LogP contribution in [0.1, 0.15) is 62.4 Å². The molecule has 1 saturated heterocycles. The molecular weight excluding hydrogens is 611 g/mol. The summed E-state index contributed by atoms with van der Waals surface area (Å²) in [6.07, 6.45) is -0.442. The van der Waals surface area contributed by atoms with Gasteiger partial charge in [0.05, 0.1) is 34.9 Å². The Morgan fingerprint density at radius 1 is 1.07 bits per heavy atom. The predicted octanol–water partition coefficient (Wildman–Crippen LogP) is 6.84. The van der Waals surface area contributed by atoms with Gasteiger partial charge in [-0.15, -0.1) is 16.2 Å². The number of nitriles is 1. The number of morpholine rings is 1. The van der Waals surface area contributed by atoms with E-state index < -0.39 is 26.0 Å². The van der Waals surface area contributed by atoms with Gasteiger partial charge in [-0.3, -0.25) is 0 Å². The topological polar surface area (TPSA) is 87.8 Å². The normalized spacial score (nSPS) is 18.0. The van der Waals surface area contributed by atoms with Crippen LogP contribution in [-0.2, 0) is 15.8 Å². The van der Waals surface area contributed by atoms with Crippen LogP contribution in [0.5, 0.6) is 0 Å². The van der Waals surface area contributed by atoms with Crippen LogP contribution >= 0.6 is 11.3 Å². The first-order chi connectivity index (χ1) is 21.5. The highest BCUT2D eigenvalue weighted by molar-refractivity contribution is 7.09. The molecule has 0 amide bonds. The highest BCUT2D eigenvalue weighted by atomic mass is 32.1. The number of hydrogen-bond acceptors (Lipinski definition) is 8. The fourth-order valence-corrected chi connectivity index (χ4v) is 11.7. The van der Waals surface area contributed by atoms with Crippen LogP contribution in [0.25, 0.3) is 0 Å². The van der Waals surface area contributed by atoms with Gasteiger partial charge in [0.2, 0.25) is 0 Å². The molecule has 4 aromatic rings. The van der Waals surface area contributed by atoms with Gasteiger partial charge in [0.25, 0.3) is 8.32 Å². The summed E-state index contributed by atoms with van der Waals surface area (Å²) in [5.74, 6) is -2.28. The van der Waals surface area contributed by atoms with Gasteiger partial charge in [0.15, 0.2) is 23.4 Å². The summed E-state index contributed by atoms with van der Waals surface area (Å²) in [4.78, 5) is 18.1. The molecule has 0 spiro atoms. The van der Waals surface area contributed by atoms with E-state index in [1.54, 1.807) is 4.90 Å². The Hall–Kier alpha value is -3.82. The van der Waals surface area contributed by atoms with Crippen molar-refractivity contribution in [3.05, 3.63) is 110 Å². The van der Waals surface area contributed by atoms with Crippen molar-refractivity contribution in [1.82, 2.24) is 4.98 Å². The summed E-state index contributed by atoms with van der Waals surface area (Å²) in [6.45, 7) is 10.8. The maximum absolute atomic E-state index is 16.5. The van der Waals surface area contributed by atoms with E-state index in [2.05, 4.69) is 55.2 Å². The molecular formula is C34H36F2N4O3SSi. The molecule has 0 saturated carbocycles. The third kappa shape index (κ3) is 6.20. The molecule has 234 valence electrons. The van der Waals surface area contributed by atoms with Crippen LogP contribution in [0.4, 0.5) is 14.5 Å². The molecule has 1 aliphatic heterocycles. The highest BCUT2D eigenvalue weighted by Gasteiger charge is 2.50. The van der Waals surface area contributed by atoms with Crippen LogP contribution in [0.2, 0.25) is 5.04 Å². The van der Waals surface area contributed by atoms with E-state index in [4.69, 9.17) is 9.16 Å². The van der Waals surface area contributed by atoms with Gasteiger partial charge in [-0.2, -0.15) is 5.26 Å². The molecule has 11 heteroatoms. The first kappa shape index (κ1) is 32.6. The molecule has 1 aromatic heterocycles. The Bertz CT molecular complexity index is 1640. The Morgan fingerprint density at radius 3 is 2.16 bits per heavy atom. The van der Waals surface area contributed by atoms with Crippen molar-refractivity contribution in [3.8, 4) is 6.07 Å². The Balaban J connectivity index is 1.71. The first-order valence-corrected chi connectivity index (χ1v) is 17.6. The van der Waals surface area contributed by atoms with Gasteiger partial charge in [0, 0.05) is 24.2 Å². The van der Waals surface area contributed by atoms with Crippen molar-refractivity contribution in [2.24, 2.45) is 5.18 Å². The maximum Gasteiger partial charge on any atom is 0.261 e. The number of ether oxygens (including phenoxy) is 1. The third-order valence-corrected chi connectivity index (χ3v) is 14.1. The average molecular weight is 647 g/mol.